The highest BCUT2D eigenvalue weighted by Gasteiger charge is 2.72. The number of ether oxygens (including phenoxy) is 2. The Morgan fingerprint density at radius 1 is 1.29 bits per heavy atom. The Hall–Kier alpha value is -1.49. The number of rotatable bonds is 2. The van der Waals surface area contributed by atoms with Gasteiger partial charge in [0.2, 0.25) is 0 Å². The first-order chi connectivity index (χ1) is 7.87. The smallest absolute Gasteiger partial charge is 0.341 e. The summed E-state index contributed by atoms with van der Waals surface area (Å²) >= 11 is 0. The summed E-state index contributed by atoms with van der Waals surface area (Å²) < 4.78 is 37.1. The van der Waals surface area contributed by atoms with E-state index in [0.717, 1.165) is 12.1 Å². The summed E-state index contributed by atoms with van der Waals surface area (Å²) in [6.45, 7) is 2.91. The predicted octanol–water partition coefficient (Wildman–Crippen LogP) is 2.14. The second kappa shape index (κ2) is 3.50. The van der Waals surface area contributed by atoms with Gasteiger partial charge in [0.15, 0.2) is 5.60 Å². The molecule has 5 heteroatoms. The van der Waals surface area contributed by atoms with Gasteiger partial charge in [0, 0.05) is 0 Å². The molecule has 1 fully saturated rings. The number of halogens is 2. The van der Waals surface area contributed by atoms with Crippen LogP contribution < -0.4 is 0 Å². The highest BCUT2D eigenvalue weighted by atomic mass is 19.1. The zero-order chi connectivity index (χ0) is 12.8. The summed E-state index contributed by atoms with van der Waals surface area (Å²) in [6.07, 6.45) is 0. The molecule has 0 aromatic heterocycles. The lowest BCUT2D eigenvalue weighted by Crippen LogP contribution is -2.30. The average molecular weight is 242 g/mol. The molecule has 0 radical (unpaired) electrons. The van der Waals surface area contributed by atoms with Crippen LogP contribution >= 0.6 is 0 Å². The van der Waals surface area contributed by atoms with Gasteiger partial charge in [0.05, 0.1) is 12.7 Å². The van der Waals surface area contributed by atoms with Crippen LogP contribution in [0.4, 0.5) is 8.78 Å². The molecule has 2 rings (SSSR count). The van der Waals surface area contributed by atoms with E-state index in [9.17, 15) is 13.6 Å². The molecule has 0 N–H and O–H groups in total. The summed E-state index contributed by atoms with van der Waals surface area (Å²) in [7, 11) is 1.20. The van der Waals surface area contributed by atoms with Gasteiger partial charge in [-0.3, -0.25) is 0 Å². The Bertz CT molecular complexity index is 468. The van der Waals surface area contributed by atoms with Crippen LogP contribution in [0.1, 0.15) is 19.4 Å². The van der Waals surface area contributed by atoms with Gasteiger partial charge in [-0.15, -0.1) is 0 Å². The van der Waals surface area contributed by atoms with E-state index in [1.54, 1.807) is 0 Å². The highest BCUT2D eigenvalue weighted by molar-refractivity contribution is 5.84. The minimum atomic E-state index is -1.34. The third-order valence-corrected chi connectivity index (χ3v) is 3.29. The van der Waals surface area contributed by atoms with Crippen molar-refractivity contribution in [1.82, 2.24) is 0 Å². The van der Waals surface area contributed by atoms with Crippen molar-refractivity contribution in [3.63, 3.8) is 0 Å². The maximum absolute atomic E-state index is 13.6. The lowest BCUT2D eigenvalue weighted by atomic mass is 9.88. The van der Waals surface area contributed by atoms with Gasteiger partial charge in [-0.1, -0.05) is 6.07 Å². The fourth-order valence-corrected chi connectivity index (χ4v) is 2.06. The molecular formula is C12H12F2O3. The van der Waals surface area contributed by atoms with Gasteiger partial charge in [-0.2, -0.15) is 0 Å². The average Bonchev–Trinajstić information content (AvgIpc) is 2.82. The maximum Gasteiger partial charge on any atom is 0.341 e. The molecule has 0 amide bonds. The normalized spacial score (nSPS) is 31.1. The zero-order valence-corrected chi connectivity index (χ0v) is 9.71. The van der Waals surface area contributed by atoms with Crippen LogP contribution in [0.15, 0.2) is 18.2 Å². The lowest BCUT2D eigenvalue weighted by molar-refractivity contribution is -0.146. The van der Waals surface area contributed by atoms with Crippen LogP contribution in [0.25, 0.3) is 0 Å². The topological polar surface area (TPSA) is 38.8 Å². The van der Waals surface area contributed by atoms with E-state index in [1.165, 1.54) is 27.0 Å². The fraction of sp³-hybridized carbons (Fsp3) is 0.417. The van der Waals surface area contributed by atoms with Crippen molar-refractivity contribution >= 4 is 5.97 Å². The molecule has 1 saturated heterocycles. The molecule has 1 aromatic rings. The summed E-state index contributed by atoms with van der Waals surface area (Å²) in [5.41, 5.74) is -2.91. The van der Waals surface area contributed by atoms with Crippen LogP contribution in [0.3, 0.4) is 0 Å². The largest absolute Gasteiger partial charge is 0.467 e. The van der Waals surface area contributed by atoms with E-state index in [4.69, 9.17) is 4.74 Å². The molecule has 1 aliphatic rings. The number of hydrogen-bond donors (Lipinski definition) is 0. The van der Waals surface area contributed by atoms with E-state index in [1.807, 2.05) is 0 Å². The minimum Gasteiger partial charge on any atom is -0.467 e. The van der Waals surface area contributed by atoms with Crippen molar-refractivity contribution in [3.05, 3.63) is 35.4 Å². The van der Waals surface area contributed by atoms with Crippen molar-refractivity contribution in [2.45, 2.75) is 25.0 Å². The first-order valence-electron chi connectivity index (χ1n) is 5.10. The molecule has 0 spiro atoms. The first kappa shape index (κ1) is 12.0. The Kier molecular flexibility index (Phi) is 2.47. The molecule has 0 bridgehead atoms. The van der Waals surface area contributed by atoms with Crippen molar-refractivity contribution in [2.24, 2.45) is 0 Å². The second-order valence-electron chi connectivity index (χ2n) is 4.26. The molecule has 92 valence electrons. The van der Waals surface area contributed by atoms with E-state index in [2.05, 4.69) is 4.74 Å². The third kappa shape index (κ3) is 1.45. The van der Waals surface area contributed by atoms with Crippen molar-refractivity contribution in [1.29, 1.82) is 0 Å². The van der Waals surface area contributed by atoms with E-state index in [0.29, 0.717) is 0 Å². The Labute approximate surface area is 97.3 Å². The number of benzene rings is 1. The van der Waals surface area contributed by atoms with Crippen LogP contribution in [-0.4, -0.2) is 18.7 Å². The Balaban J connectivity index is 2.47. The molecule has 2 atom stereocenters. The van der Waals surface area contributed by atoms with Crippen LogP contribution in [0, 0.1) is 11.6 Å². The summed E-state index contributed by atoms with van der Waals surface area (Å²) in [6, 6.07) is 3.52. The first-order valence-corrected chi connectivity index (χ1v) is 5.10. The van der Waals surface area contributed by atoms with Crippen LogP contribution in [0.5, 0.6) is 0 Å². The second-order valence-corrected chi connectivity index (χ2v) is 4.26. The van der Waals surface area contributed by atoms with Crippen molar-refractivity contribution in [2.75, 3.05) is 7.11 Å². The molecular weight excluding hydrogens is 230 g/mol. The summed E-state index contributed by atoms with van der Waals surface area (Å²) in [5.74, 6) is -2.12. The number of esters is 1. The Morgan fingerprint density at radius 3 is 2.29 bits per heavy atom. The number of carbonyl (C=O) groups excluding carboxylic acids is 1. The number of hydrogen-bond acceptors (Lipinski definition) is 3. The fourth-order valence-electron chi connectivity index (χ4n) is 2.06. The summed E-state index contributed by atoms with van der Waals surface area (Å²) in [4.78, 5) is 11.5. The quantitative estimate of drug-likeness (QED) is 0.589. The summed E-state index contributed by atoms with van der Waals surface area (Å²) in [5, 5.41) is 0. The molecule has 0 aliphatic carbocycles. The third-order valence-electron chi connectivity index (χ3n) is 3.29. The van der Waals surface area contributed by atoms with Gasteiger partial charge in [0.25, 0.3) is 0 Å². The molecule has 17 heavy (non-hydrogen) atoms. The van der Waals surface area contributed by atoms with Gasteiger partial charge in [-0.25, -0.2) is 13.6 Å². The van der Waals surface area contributed by atoms with Gasteiger partial charge in [-0.05, 0) is 26.0 Å². The standard InChI is InChI=1S/C12H12F2O3/c1-11(12(2,17-11)10(15)16-3)9-7(13)5-4-6-8(9)14/h4-6H,1-3H3. The van der Waals surface area contributed by atoms with Gasteiger partial charge in [0.1, 0.15) is 17.2 Å². The predicted molar refractivity (Wildman–Crippen MR) is 55.2 cm³/mol. The van der Waals surface area contributed by atoms with Crippen LogP contribution in [0.2, 0.25) is 0 Å². The molecule has 2 unspecified atom stereocenters. The lowest BCUT2D eigenvalue weighted by Gasteiger charge is -2.12. The maximum atomic E-state index is 13.6. The Morgan fingerprint density at radius 2 is 1.82 bits per heavy atom. The van der Waals surface area contributed by atoms with E-state index < -0.39 is 28.8 Å². The van der Waals surface area contributed by atoms with Gasteiger partial charge >= 0.3 is 5.97 Å². The SMILES string of the molecule is COC(=O)C1(C)OC1(C)c1c(F)cccc1F. The van der Waals surface area contributed by atoms with Crippen molar-refractivity contribution < 1.29 is 23.0 Å². The monoisotopic (exact) mass is 242 g/mol. The number of epoxide rings is 1. The minimum absolute atomic E-state index is 0.243. The molecule has 1 heterocycles. The van der Waals surface area contributed by atoms with Crippen molar-refractivity contribution in [3.8, 4) is 0 Å². The zero-order valence-electron chi connectivity index (χ0n) is 9.71. The molecule has 3 nitrogen and oxygen atoms in total. The van der Waals surface area contributed by atoms with E-state index >= 15 is 0 Å². The molecule has 0 saturated carbocycles. The van der Waals surface area contributed by atoms with E-state index in [-0.39, 0.29) is 5.56 Å². The van der Waals surface area contributed by atoms with Crippen LogP contribution in [-0.2, 0) is 19.9 Å². The van der Waals surface area contributed by atoms with Gasteiger partial charge < -0.3 is 9.47 Å². The molecule has 1 aliphatic heterocycles. The molecule has 1 aromatic carbocycles. The highest BCUT2D eigenvalue weighted by Crippen LogP contribution is 2.57. The number of carbonyl (C=O) groups is 1. The number of methoxy groups -OCH3 is 1.